The fourth-order valence-corrected chi connectivity index (χ4v) is 3.98. The van der Waals surface area contributed by atoms with Crippen LogP contribution in [0.2, 0.25) is 0 Å². The molecule has 3 rings (SSSR count). The Hall–Kier alpha value is -2.41. The number of aryl methyl sites for hydroxylation is 2. The number of hydrogen-bond acceptors (Lipinski definition) is 4. The Morgan fingerprint density at radius 3 is 2.54 bits per heavy atom. The molecule has 0 bridgehead atoms. The van der Waals surface area contributed by atoms with Crippen molar-refractivity contribution in [2.24, 2.45) is 0 Å². The van der Waals surface area contributed by atoms with Gasteiger partial charge in [-0.2, -0.15) is 0 Å². The Morgan fingerprint density at radius 2 is 1.96 bits per heavy atom. The summed E-state index contributed by atoms with van der Waals surface area (Å²) in [6, 6.07) is 8.36. The summed E-state index contributed by atoms with van der Waals surface area (Å²) in [5.41, 5.74) is 2.28. The van der Waals surface area contributed by atoms with E-state index in [1.54, 1.807) is 42.3 Å². The van der Waals surface area contributed by atoms with Gasteiger partial charge in [0.1, 0.15) is 5.82 Å². The molecule has 1 saturated heterocycles. The largest absolute Gasteiger partial charge is 0.312 e. The van der Waals surface area contributed by atoms with Crippen LogP contribution in [0.15, 0.2) is 41.4 Å². The van der Waals surface area contributed by atoms with E-state index in [-0.39, 0.29) is 16.6 Å². The molecular formula is C17H19N3O3S. The molecule has 1 aliphatic rings. The second kappa shape index (κ2) is 6.24. The van der Waals surface area contributed by atoms with Crippen molar-refractivity contribution in [1.29, 1.82) is 0 Å². The fourth-order valence-electron chi connectivity index (χ4n) is 2.74. The van der Waals surface area contributed by atoms with Gasteiger partial charge >= 0.3 is 0 Å². The van der Waals surface area contributed by atoms with Gasteiger partial charge in [0.15, 0.2) is 0 Å². The van der Waals surface area contributed by atoms with Crippen molar-refractivity contribution >= 4 is 27.4 Å². The van der Waals surface area contributed by atoms with Crippen LogP contribution in [0, 0.1) is 13.8 Å². The van der Waals surface area contributed by atoms with Crippen LogP contribution in [-0.4, -0.2) is 25.9 Å². The molecule has 7 heteroatoms. The molecule has 2 aromatic rings. The number of nitrogens with zero attached hydrogens (tertiary/aromatic N) is 2. The van der Waals surface area contributed by atoms with Crippen LogP contribution in [-0.2, 0) is 14.8 Å². The molecule has 126 valence electrons. The summed E-state index contributed by atoms with van der Waals surface area (Å²) in [6.07, 6.45) is 2.98. The molecule has 1 amide bonds. The predicted molar refractivity (Wildman–Crippen MR) is 92.5 cm³/mol. The number of amides is 1. The molecule has 0 saturated carbocycles. The van der Waals surface area contributed by atoms with E-state index in [4.69, 9.17) is 0 Å². The first kappa shape index (κ1) is 16.4. The first-order valence-corrected chi connectivity index (χ1v) is 9.22. The van der Waals surface area contributed by atoms with Gasteiger partial charge in [0.05, 0.1) is 4.90 Å². The fraction of sp³-hybridized carbons (Fsp3) is 0.294. The molecule has 0 spiro atoms. The van der Waals surface area contributed by atoms with E-state index in [0.717, 1.165) is 17.7 Å². The smallest absolute Gasteiger partial charge is 0.263 e. The Kier molecular flexibility index (Phi) is 4.28. The zero-order valence-electron chi connectivity index (χ0n) is 13.6. The molecule has 0 atom stereocenters. The quantitative estimate of drug-likeness (QED) is 0.924. The third-order valence-electron chi connectivity index (χ3n) is 3.98. The summed E-state index contributed by atoms with van der Waals surface area (Å²) in [6.45, 7) is 4.28. The maximum absolute atomic E-state index is 12.6. The van der Waals surface area contributed by atoms with E-state index in [0.29, 0.717) is 18.5 Å². The van der Waals surface area contributed by atoms with Gasteiger partial charge in [-0.25, -0.2) is 13.4 Å². The predicted octanol–water partition coefficient (Wildman–Crippen LogP) is 2.63. The normalized spacial score (nSPS) is 14.9. The number of carbonyl (C=O) groups excluding carboxylic acids is 1. The summed E-state index contributed by atoms with van der Waals surface area (Å²) in [4.78, 5) is 17.8. The molecular weight excluding hydrogens is 326 g/mol. The number of nitrogens with one attached hydrogen (secondary N) is 1. The van der Waals surface area contributed by atoms with E-state index >= 15 is 0 Å². The summed E-state index contributed by atoms with van der Waals surface area (Å²) < 4.78 is 27.6. The molecule has 1 N–H and O–H groups in total. The highest BCUT2D eigenvalue weighted by molar-refractivity contribution is 7.92. The van der Waals surface area contributed by atoms with Crippen molar-refractivity contribution in [3.05, 3.63) is 47.7 Å². The third kappa shape index (κ3) is 3.26. The topological polar surface area (TPSA) is 79.4 Å². The Bertz CT molecular complexity index is 876. The van der Waals surface area contributed by atoms with Crippen molar-refractivity contribution < 1.29 is 13.2 Å². The number of pyridine rings is 1. The minimum atomic E-state index is -3.73. The Labute approximate surface area is 141 Å². The Balaban J connectivity index is 1.88. The first-order chi connectivity index (χ1) is 11.4. The van der Waals surface area contributed by atoms with E-state index in [1.165, 1.54) is 6.07 Å². The molecule has 1 aromatic heterocycles. The maximum atomic E-state index is 12.6. The van der Waals surface area contributed by atoms with Crippen LogP contribution in [0.5, 0.6) is 0 Å². The SMILES string of the molecule is Cc1ccc(NS(=O)(=O)c2ccc(N3CCCC3=O)cc2C)nc1. The van der Waals surface area contributed by atoms with Crippen LogP contribution < -0.4 is 9.62 Å². The van der Waals surface area contributed by atoms with E-state index < -0.39 is 10.0 Å². The minimum absolute atomic E-state index is 0.0759. The summed E-state index contributed by atoms with van der Waals surface area (Å²) >= 11 is 0. The van der Waals surface area contributed by atoms with E-state index in [1.807, 2.05) is 6.92 Å². The molecule has 0 radical (unpaired) electrons. The van der Waals surface area contributed by atoms with Gasteiger partial charge in [0.25, 0.3) is 10.0 Å². The molecule has 1 aromatic carbocycles. The number of benzene rings is 1. The van der Waals surface area contributed by atoms with Crippen molar-refractivity contribution in [3.63, 3.8) is 0 Å². The number of carbonyl (C=O) groups is 1. The van der Waals surface area contributed by atoms with Gasteiger partial charge < -0.3 is 4.90 Å². The minimum Gasteiger partial charge on any atom is -0.312 e. The van der Waals surface area contributed by atoms with E-state index in [2.05, 4.69) is 9.71 Å². The molecule has 6 nitrogen and oxygen atoms in total. The summed E-state index contributed by atoms with van der Waals surface area (Å²) in [5.74, 6) is 0.353. The van der Waals surface area contributed by atoms with Gasteiger partial charge in [-0.15, -0.1) is 0 Å². The Morgan fingerprint density at radius 1 is 1.17 bits per heavy atom. The number of aromatic nitrogens is 1. The van der Waals surface area contributed by atoms with E-state index in [9.17, 15) is 13.2 Å². The zero-order chi connectivity index (χ0) is 17.3. The highest BCUT2D eigenvalue weighted by atomic mass is 32.2. The van der Waals surface area contributed by atoms with Gasteiger partial charge in [0, 0.05) is 24.8 Å². The lowest BCUT2D eigenvalue weighted by Gasteiger charge is -2.18. The lowest BCUT2D eigenvalue weighted by atomic mass is 10.2. The number of anilines is 2. The van der Waals surface area contributed by atoms with Gasteiger partial charge in [-0.1, -0.05) is 6.07 Å². The molecule has 1 aliphatic heterocycles. The molecule has 24 heavy (non-hydrogen) atoms. The van der Waals surface area contributed by atoms with Gasteiger partial charge in [-0.3, -0.25) is 9.52 Å². The second-order valence-corrected chi connectivity index (χ2v) is 7.58. The second-order valence-electron chi connectivity index (χ2n) is 5.93. The molecule has 2 heterocycles. The number of sulfonamides is 1. The van der Waals surface area contributed by atoms with Crippen LogP contribution in [0.1, 0.15) is 24.0 Å². The number of hydrogen-bond donors (Lipinski definition) is 1. The monoisotopic (exact) mass is 345 g/mol. The lowest BCUT2D eigenvalue weighted by Crippen LogP contribution is -2.24. The molecule has 0 unspecified atom stereocenters. The van der Waals surface area contributed by atoms with Crippen LogP contribution in [0.25, 0.3) is 0 Å². The molecule has 0 aliphatic carbocycles. The average molecular weight is 345 g/mol. The van der Waals surface area contributed by atoms with Crippen molar-refractivity contribution in [2.75, 3.05) is 16.2 Å². The highest BCUT2D eigenvalue weighted by Gasteiger charge is 2.24. The number of rotatable bonds is 4. The molecule has 1 fully saturated rings. The summed E-state index contributed by atoms with van der Waals surface area (Å²) in [7, 11) is -3.73. The van der Waals surface area contributed by atoms with Crippen molar-refractivity contribution in [3.8, 4) is 0 Å². The summed E-state index contributed by atoms with van der Waals surface area (Å²) in [5, 5.41) is 0. The van der Waals surface area contributed by atoms with Gasteiger partial charge in [0.2, 0.25) is 5.91 Å². The van der Waals surface area contributed by atoms with Crippen LogP contribution in [0.4, 0.5) is 11.5 Å². The average Bonchev–Trinajstić information content (AvgIpc) is 2.95. The first-order valence-electron chi connectivity index (χ1n) is 7.73. The standard InChI is InChI=1S/C17H19N3O3S/c1-12-5-8-16(18-11-12)19-24(22,23)15-7-6-14(10-13(15)2)20-9-3-4-17(20)21/h5-8,10-11H,3-4,9H2,1-2H3,(H,18,19). The third-order valence-corrected chi connectivity index (χ3v) is 5.50. The zero-order valence-corrected chi connectivity index (χ0v) is 14.4. The highest BCUT2D eigenvalue weighted by Crippen LogP contribution is 2.26. The van der Waals surface area contributed by atoms with Crippen molar-refractivity contribution in [2.45, 2.75) is 31.6 Å². The van der Waals surface area contributed by atoms with Crippen molar-refractivity contribution in [1.82, 2.24) is 4.98 Å². The lowest BCUT2D eigenvalue weighted by molar-refractivity contribution is -0.117. The van der Waals surface area contributed by atoms with Gasteiger partial charge in [-0.05, 0) is 55.7 Å². The van der Waals surface area contributed by atoms with Crippen LogP contribution >= 0.6 is 0 Å². The van der Waals surface area contributed by atoms with Crippen LogP contribution in [0.3, 0.4) is 0 Å². The maximum Gasteiger partial charge on any atom is 0.263 e.